The van der Waals surface area contributed by atoms with Gasteiger partial charge in [-0.1, -0.05) is 42.5 Å². The molecule has 2 rings (SSSR count). The van der Waals surface area contributed by atoms with Crippen molar-refractivity contribution < 1.29 is 17.7 Å². The molecule has 0 atom stereocenters. The van der Waals surface area contributed by atoms with Gasteiger partial charge < -0.3 is 4.74 Å². The Labute approximate surface area is 131 Å². The molecule has 5 heteroatoms. The minimum Gasteiger partial charge on any atom is -0.489 e. The second kappa shape index (κ2) is 7.96. The van der Waals surface area contributed by atoms with Gasteiger partial charge in [0.25, 0.3) is 10.1 Å². The molecule has 0 saturated carbocycles. The Hall–Kier alpha value is -1.85. The summed E-state index contributed by atoms with van der Waals surface area (Å²) in [6, 6.07) is 17.7. The molecule has 0 bridgehead atoms. The lowest BCUT2D eigenvalue weighted by molar-refractivity contribution is 0.306. The highest BCUT2D eigenvalue weighted by atomic mass is 32.2. The minimum atomic E-state index is -3.85. The zero-order valence-corrected chi connectivity index (χ0v) is 13.1. The SMILES string of the molecule is O=S(=O)(O)CCCCc1cccc(OCc2ccccc2)c1. The van der Waals surface area contributed by atoms with Crippen LogP contribution >= 0.6 is 0 Å². The fraction of sp³-hybridized carbons (Fsp3) is 0.294. The zero-order chi connectivity index (χ0) is 15.8. The summed E-state index contributed by atoms with van der Waals surface area (Å²) >= 11 is 0. The van der Waals surface area contributed by atoms with Crippen molar-refractivity contribution in [2.24, 2.45) is 0 Å². The molecule has 0 radical (unpaired) electrons. The van der Waals surface area contributed by atoms with E-state index in [4.69, 9.17) is 9.29 Å². The quantitative estimate of drug-likeness (QED) is 0.597. The largest absolute Gasteiger partial charge is 0.489 e. The number of unbranched alkanes of at least 4 members (excludes halogenated alkanes) is 1. The van der Waals surface area contributed by atoms with Crippen molar-refractivity contribution in [1.29, 1.82) is 0 Å². The molecule has 0 heterocycles. The zero-order valence-electron chi connectivity index (χ0n) is 12.3. The molecule has 4 nitrogen and oxygen atoms in total. The third kappa shape index (κ3) is 6.28. The van der Waals surface area contributed by atoms with Gasteiger partial charge in [-0.3, -0.25) is 4.55 Å². The number of ether oxygens (including phenoxy) is 1. The molecule has 22 heavy (non-hydrogen) atoms. The fourth-order valence-electron chi connectivity index (χ4n) is 2.15. The monoisotopic (exact) mass is 320 g/mol. The Morgan fingerprint density at radius 1 is 0.909 bits per heavy atom. The first kappa shape index (κ1) is 16.5. The predicted octanol–water partition coefficient (Wildman–Crippen LogP) is 3.48. The topological polar surface area (TPSA) is 63.6 Å². The molecule has 0 saturated heterocycles. The van der Waals surface area contributed by atoms with E-state index in [0.29, 0.717) is 19.4 Å². The van der Waals surface area contributed by atoms with E-state index in [0.717, 1.165) is 23.3 Å². The molecule has 0 spiro atoms. The van der Waals surface area contributed by atoms with Crippen LogP contribution < -0.4 is 4.74 Å². The lowest BCUT2D eigenvalue weighted by atomic mass is 10.1. The summed E-state index contributed by atoms with van der Waals surface area (Å²) in [5.41, 5.74) is 2.21. The Morgan fingerprint density at radius 2 is 1.64 bits per heavy atom. The number of hydrogen-bond acceptors (Lipinski definition) is 3. The highest BCUT2D eigenvalue weighted by molar-refractivity contribution is 7.85. The summed E-state index contributed by atoms with van der Waals surface area (Å²) in [4.78, 5) is 0. The van der Waals surface area contributed by atoms with Gasteiger partial charge in [-0.15, -0.1) is 0 Å². The van der Waals surface area contributed by atoms with Crippen LogP contribution in [0.4, 0.5) is 0 Å². The molecule has 2 aromatic rings. The maximum atomic E-state index is 10.7. The van der Waals surface area contributed by atoms with E-state index in [2.05, 4.69) is 0 Å². The van der Waals surface area contributed by atoms with E-state index in [1.165, 1.54) is 0 Å². The average Bonchev–Trinajstić information content (AvgIpc) is 2.50. The number of rotatable bonds is 8. The second-order valence-electron chi connectivity index (χ2n) is 5.16. The predicted molar refractivity (Wildman–Crippen MR) is 86.6 cm³/mol. The maximum absolute atomic E-state index is 10.7. The van der Waals surface area contributed by atoms with Crippen LogP contribution in [-0.4, -0.2) is 18.7 Å². The molecule has 0 aliphatic heterocycles. The van der Waals surface area contributed by atoms with Crippen molar-refractivity contribution in [3.8, 4) is 5.75 Å². The van der Waals surface area contributed by atoms with Gasteiger partial charge in [0.15, 0.2) is 0 Å². The molecule has 0 unspecified atom stereocenters. The summed E-state index contributed by atoms with van der Waals surface area (Å²) in [7, 11) is -3.85. The summed E-state index contributed by atoms with van der Waals surface area (Å²) in [6.45, 7) is 0.521. The summed E-state index contributed by atoms with van der Waals surface area (Å²) < 4.78 is 35.8. The van der Waals surface area contributed by atoms with Gasteiger partial charge in [-0.25, -0.2) is 0 Å². The Balaban J connectivity index is 1.82. The van der Waals surface area contributed by atoms with E-state index < -0.39 is 10.1 Å². The van der Waals surface area contributed by atoms with Crippen molar-refractivity contribution in [1.82, 2.24) is 0 Å². The summed E-state index contributed by atoms with van der Waals surface area (Å²) in [5, 5.41) is 0. The van der Waals surface area contributed by atoms with Gasteiger partial charge in [0.05, 0.1) is 5.75 Å². The third-order valence-electron chi connectivity index (χ3n) is 3.26. The second-order valence-corrected chi connectivity index (χ2v) is 6.74. The number of hydrogen-bond donors (Lipinski definition) is 1. The molecular formula is C17H20O4S. The van der Waals surface area contributed by atoms with Crippen LogP contribution in [-0.2, 0) is 23.1 Å². The van der Waals surface area contributed by atoms with Crippen LogP contribution in [0.2, 0.25) is 0 Å². The van der Waals surface area contributed by atoms with Crippen LogP contribution in [0.3, 0.4) is 0 Å². The first-order chi connectivity index (χ1) is 10.5. The van der Waals surface area contributed by atoms with Crippen LogP contribution in [0.15, 0.2) is 54.6 Å². The van der Waals surface area contributed by atoms with Crippen molar-refractivity contribution in [3.63, 3.8) is 0 Å². The van der Waals surface area contributed by atoms with Crippen molar-refractivity contribution in [3.05, 3.63) is 65.7 Å². The third-order valence-corrected chi connectivity index (χ3v) is 4.07. The first-order valence-corrected chi connectivity index (χ1v) is 8.85. The lowest BCUT2D eigenvalue weighted by Gasteiger charge is -2.08. The molecule has 0 aliphatic carbocycles. The first-order valence-electron chi connectivity index (χ1n) is 7.24. The maximum Gasteiger partial charge on any atom is 0.264 e. The summed E-state index contributed by atoms with van der Waals surface area (Å²) in [6.07, 6.45) is 1.92. The normalized spacial score (nSPS) is 11.3. The van der Waals surface area contributed by atoms with Crippen molar-refractivity contribution >= 4 is 10.1 Å². The van der Waals surface area contributed by atoms with E-state index in [1.807, 2.05) is 54.6 Å². The Morgan fingerprint density at radius 3 is 2.36 bits per heavy atom. The molecule has 0 amide bonds. The Bertz CT molecular complexity index is 681. The average molecular weight is 320 g/mol. The van der Waals surface area contributed by atoms with E-state index in [9.17, 15) is 8.42 Å². The molecule has 1 N–H and O–H groups in total. The molecule has 0 aromatic heterocycles. The highest BCUT2D eigenvalue weighted by Gasteiger charge is 2.04. The molecule has 0 fully saturated rings. The molecular weight excluding hydrogens is 300 g/mol. The molecule has 2 aromatic carbocycles. The minimum absolute atomic E-state index is 0.183. The smallest absolute Gasteiger partial charge is 0.264 e. The van der Waals surface area contributed by atoms with Gasteiger partial charge in [0.2, 0.25) is 0 Å². The van der Waals surface area contributed by atoms with Gasteiger partial charge >= 0.3 is 0 Å². The van der Waals surface area contributed by atoms with Crippen LogP contribution in [0, 0.1) is 0 Å². The van der Waals surface area contributed by atoms with Gasteiger partial charge in [-0.05, 0) is 42.5 Å². The van der Waals surface area contributed by atoms with Crippen LogP contribution in [0.1, 0.15) is 24.0 Å². The van der Waals surface area contributed by atoms with E-state index in [1.54, 1.807) is 0 Å². The molecule has 118 valence electrons. The van der Waals surface area contributed by atoms with Gasteiger partial charge in [0.1, 0.15) is 12.4 Å². The van der Waals surface area contributed by atoms with Crippen LogP contribution in [0.25, 0.3) is 0 Å². The number of benzene rings is 2. The van der Waals surface area contributed by atoms with Crippen molar-refractivity contribution in [2.45, 2.75) is 25.9 Å². The lowest BCUT2D eigenvalue weighted by Crippen LogP contribution is -2.04. The van der Waals surface area contributed by atoms with E-state index >= 15 is 0 Å². The molecule has 0 aliphatic rings. The Kier molecular flexibility index (Phi) is 5.98. The highest BCUT2D eigenvalue weighted by Crippen LogP contribution is 2.17. The standard InChI is InChI=1S/C17H20O4S/c18-22(19,20)12-5-4-7-15-10-6-11-17(13-15)21-14-16-8-2-1-3-9-16/h1-3,6,8-11,13H,4-5,7,12,14H2,(H,18,19,20). The fourth-order valence-corrected chi connectivity index (χ4v) is 2.71. The number of aryl methyl sites for hydroxylation is 1. The van der Waals surface area contributed by atoms with Gasteiger partial charge in [-0.2, -0.15) is 8.42 Å². The van der Waals surface area contributed by atoms with E-state index in [-0.39, 0.29) is 5.75 Å². The van der Waals surface area contributed by atoms with Crippen molar-refractivity contribution in [2.75, 3.05) is 5.75 Å². The van der Waals surface area contributed by atoms with Gasteiger partial charge in [0, 0.05) is 0 Å². The van der Waals surface area contributed by atoms with Crippen LogP contribution in [0.5, 0.6) is 5.75 Å². The summed E-state index contributed by atoms with van der Waals surface area (Å²) in [5.74, 6) is 0.619.